The predicted octanol–water partition coefficient (Wildman–Crippen LogP) is 14.1. The molecule has 0 radical (unpaired) electrons. The number of benzene rings is 8. The van der Waals surface area contributed by atoms with Crippen LogP contribution in [0.2, 0.25) is 0 Å². The van der Waals surface area contributed by atoms with Crippen LogP contribution in [0.4, 0.5) is 0 Å². The van der Waals surface area contributed by atoms with Crippen LogP contribution in [-0.2, 0) is 5.41 Å². The highest BCUT2D eigenvalue weighted by molar-refractivity contribution is 6.13. The Kier molecular flexibility index (Phi) is 7.80. The summed E-state index contributed by atoms with van der Waals surface area (Å²) in [5, 5.41) is 2.15. The molecule has 4 nitrogen and oxygen atoms in total. The first kappa shape index (κ1) is 33.9. The molecule has 10 aromatic rings. The van der Waals surface area contributed by atoms with E-state index >= 15 is 0 Å². The molecule has 0 atom stereocenters. The Labute approximate surface area is 337 Å². The van der Waals surface area contributed by atoms with Gasteiger partial charge in [-0.05, 0) is 92.0 Å². The molecule has 0 amide bonds. The van der Waals surface area contributed by atoms with Gasteiger partial charge in [-0.2, -0.15) is 0 Å². The topological polar surface area (TPSA) is 51.8 Å². The van der Waals surface area contributed by atoms with Gasteiger partial charge in [-0.1, -0.05) is 166 Å². The fraction of sp³-hybridized carbons (Fsp3) is 0.0556. The third kappa shape index (κ3) is 5.64. The summed E-state index contributed by atoms with van der Waals surface area (Å²) in [4.78, 5) is 15.6. The Bertz CT molecular complexity index is 3200. The molecule has 274 valence electrons. The zero-order valence-corrected chi connectivity index (χ0v) is 32.1. The van der Waals surface area contributed by atoms with Crippen LogP contribution in [0.5, 0.6) is 0 Å². The molecule has 0 saturated carbocycles. The number of rotatable bonds is 6. The molecule has 0 bridgehead atoms. The van der Waals surface area contributed by atoms with Gasteiger partial charge in [0.15, 0.2) is 17.5 Å². The molecule has 2 heterocycles. The van der Waals surface area contributed by atoms with E-state index in [2.05, 4.69) is 184 Å². The van der Waals surface area contributed by atoms with Gasteiger partial charge in [0.2, 0.25) is 0 Å². The highest BCUT2D eigenvalue weighted by atomic mass is 16.3. The summed E-state index contributed by atoms with van der Waals surface area (Å²) in [5.74, 6) is 1.82. The summed E-state index contributed by atoms with van der Waals surface area (Å²) in [7, 11) is 0. The van der Waals surface area contributed by atoms with Gasteiger partial charge in [-0.25, -0.2) is 15.0 Å². The van der Waals surface area contributed by atoms with Gasteiger partial charge in [0, 0.05) is 32.9 Å². The van der Waals surface area contributed by atoms with Crippen molar-refractivity contribution in [2.24, 2.45) is 0 Å². The van der Waals surface area contributed by atoms with Crippen molar-refractivity contribution in [2.45, 2.75) is 19.3 Å². The van der Waals surface area contributed by atoms with Crippen LogP contribution in [-0.4, -0.2) is 15.0 Å². The molecular formula is C54H37N3O. The molecule has 58 heavy (non-hydrogen) atoms. The third-order valence-corrected chi connectivity index (χ3v) is 11.7. The molecule has 1 aliphatic rings. The molecule has 4 heteroatoms. The lowest BCUT2D eigenvalue weighted by atomic mass is 9.82. The SMILES string of the molecule is CC1(C)c2ccccc2-c2cc(-c3nc(-c4cccc(-c5cccc(-c6ccccc6)c5)c4)nc(-c4ccc5c(c4)oc4cccc(-c6ccccc6)c45)n3)ccc21. The Morgan fingerprint density at radius 2 is 0.845 bits per heavy atom. The molecule has 8 aromatic carbocycles. The summed E-state index contributed by atoms with van der Waals surface area (Å²) in [6.07, 6.45) is 0. The van der Waals surface area contributed by atoms with Gasteiger partial charge >= 0.3 is 0 Å². The van der Waals surface area contributed by atoms with Crippen LogP contribution in [0.15, 0.2) is 192 Å². The molecular weight excluding hydrogens is 707 g/mol. The average Bonchev–Trinajstić information content (AvgIpc) is 3.78. The summed E-state index contributed by atoms with van der Waals surface area (Å²) in [6.45, 7) is 4.60. The molecule has 0 spiro atoms. The highest BCUT2D eigenvalue weighted by Crippen LogP contribution is 2.49. The second kappa shape index (κ2) is 13.4. The quantitative estimate of drug-likeness (QED) is 0.170. The maximum atomic E-state index is 6.54. The zero-order valence-electron chi connectivity index (χ0n) is 32.1. The van der Waals surface area contributed by atoms with E-state index in [9.17, 15) is 0 Å². The normalized spacial score (nSPS) is 12.8. The van der Waals surface area contributed by atoms with E-state index in [1.807, 2.05) is 18.2 Å². The van der Waals surface area contributed by atoms with Crippen LogP contribution in [0, 0.1) is 0 Å². The minimum Gasteiger partial charge on any atom is -0.456 e. The van der Waals surface area contributed by atoms with Gasteiger partial charge in [0.25, 0.3) is 0 Å². The van der Waals surface area contributed by atoms with Gasteiger partial charge < -0.3 is 4.42 Å². The van der Waals surface area contributed by atoms with Crippen LogP contribution in [0.1, 0.15) is 25.0 Å². The largest absolute Gasteiger partial charge is 0.456 e. The van der Waals surface area contributed by atoms with Crippen molar-refractivity contribution < 1.29 is 4.42 Å². The van der Waals surface area contributed by atoms with Crippen LogP contribution < -0.4 is 0 Å². The summed E-state index contributed by atoms with van der Waals surface area (Å²) < 4.78 is 6.54. The fourth-order valence-corrected chi connectivity index (χ4v) is 8.79. The van der Waals surface area contributed by atoms with Crippen molar-refractivity contribution in [3.05, 3.63) is 199 Å². The number of nitrogens with zero attached hydrogens (tertiary/aromatic N) is 3. The lowest BCUT2D eigenvalue weighted by molar-refractivity contribution is 0.660. The first-order valence-electron chi connectivity index (χ1n) is 19.8. The highest BCUT2D eigenvalue weighted by Gasteiger charge is 2.35. The molecule has 11 rings (SSSR count). The van der Waals surface area contributed by atoms with Crippen molar-refractivity contribution in [3.63, 3.8) is 0 Å². The van der Waals surface area contributed by atoms with Crippen LogP contribution in [0.3, 0.4) is 0 Å². The van der Waals surface area contributed by atoms with Crippen molar-refractivity contribution in [3.8, 4) is 78.7 Å². The smallest absolute Gasteiger partial charge is 0.164 e. The fourth-order valence-electron chi connectivity index (χ4n) is 8.79. The number of fused-ring (bicyclic) bond motifs is 6. The van der Waals surface area contributed by atoms with Gasteiger partial charge in [0.05, 0.1) is 0 Å². The lowest BCUT2D eigenvalue weighted by Crippen LogP contribution is -2.14. The molecule has 2 aromatic heterocycles. The van der Waals surface area contributed by atoms with Crippen molar-refractivity contribution >= 4 is 21.9 Å². The molecule has 0 fully saturated rings. The van der Waals surface area contributed by atoms with Crippen molar-refractivity contribution in [2.75, 3.05) is 0 Å². The van der Waals surface area contributed by atoms with Crippen LogP contribution >= 0.6 is 0 Å². The maximum Gasteiger partial charge on any atom is 0.164 e. The molecule has 0 N–H and O–H groups in total. The number of furan rings is 1. The van der Waals surface area contributed by atoms with Crippen LogP contribution in [0.25, 0.3) is 101 Å². The van der Waals surface area contributed by atoms with E-state index in [1.54, 1.807) is 0 Å². The third-order valence-electron chi connectivity index (χ3n) is 11.7. The Balaban J connectivity index is 1.07. The van der Waals surface area contributed by atoms with E-state index in [0.717, 1.165) is 60.9 Å². The number of hydrogen-bond acceptors (Lipinski definition) is 4. The second-order valence-electron chi connectivity index (χ2n) is 15.6. The number of hydrogen-bond donors (Lipinski definition) is 0. The molecule has 1 aliphatic carbocycles. The Morgan fingerprint density at radius 3 is 1.57 bits per heavy atom. The summed E-state index contributed by atoms with van der Waals surface area (Å²) >= 11 is 0. The molecule has 0 aliphatic heterocycles. The van der Waals surface area contributed by atoms with Gasteiger partial charge in [0.1, 0.15) is 11.2 Å². The van der Waals surface area contributed by atoms with Crippen molar-refractivity contribution in [1.82, 2.24) is 15.0 Å². The van der Waals surface area contributed by atoms with E-state index in [-0.39, 0.29) is 5.41 Å². The van der Waals surface area contributed by atoms with Gasteiger partial charge in [-0.3, -0.25) is 0 Å². The first-order chi connectivity index (χ1) is 28.5. The Hall–Kier alpha value is -7.43. The van der Waals surface area contributed by atoms with Crippen molar-refractivity contribution in [1.29, 1.82) is 0 Å². The van der Waals surface area contributed by atoms with E-state index in [1.165, 1.54) is 33.4 Å². The average molecular weight is 744 g/mol. The summed E-state index contributed by atoms with van der Waals surface area (Å²) in [6, 6.07) is 66.1. The zero-order chi connectivity index (χ0) is 38.8. The van der Waals surface area contributed by atoms with Gasteiger partial charge in [-0.15, -0.1) is 0 Å². The maximum absolute atomic E-state index is 6.54. The standard InChI is InChI=1S/C54H37N3O/c1-54(2)46-24-10-9-22-43(46)45-32-40(27-29-47(45)54)52-55-51(39-21-12-20-38(31-39)37-19-11-18-36(30-37)34-14-5-3-6-15-34)56-53(57-52)41-26-28-44-49(33-41)58-48-25-13-23-42(50(44)48)35-16-7-4-8-17-35/h3-33H,1-2H3. The second-order valence-corrected chi connectivity index (χ2v) is 15.6. The Morgan fingerprint density at radius 1 is 0.345 bits per heavy atom. The summed E-state index contributed by atoms with van der Waals surface area (Å²) in [5.41, 5.74) is 16.3. The van der Waals surface area contributed by atoms with E-state index < -0.39 is 0 Å². The number of aromatic nitrogens is 3. The monoisotopic (exact) mass is 743 g/mol. The predicted molar refractivity (Wildman–Crippen MR) is 237 cm³/mol. The minimum absolute atomic E-state index is 0.0967. The molecule has 0 unspecified atom stereocenters. The first-order valence-corrected chi connectivity index (χ1v) is 19.8. The lowest BCUT2D eigenvalue weighted by Gasteiger charge is -2.21. The minimum atomic E-state index is -0.0967. The van der Waals surface area contributed by atoms with E-state index in [4.69, 9.17) is 19.4 Å². The van der Waals surface area contributed by atoms with E-state index in [0.29, 0.717) is 17.5 Å². The molecule has 0 saturated heterocycles.